The molecule has 1 N–H and O–H groups in total. The molecule has 1 saturated heterocycles. The van der Waals surface area contributed by atoms with Crippen molar-refractivity contribution in [3.05, 3.63) is 29.7 Å². The molecule has 1 aromatic heterocycles. The number of hydrogen-bond acceptors (Lipinski definition) is 3. The molecule has 1 fully saturated rings. The van der Waals surface area contributed by atoms with Gasteiger partial charge in [0.15, 0.2) is 5.58 Å². The molecular formula is C16H22N2O. The molecule has 0 spiro atoms. The Morgan fingerprint density at radius 1 is 1.42 bits per heavy atom. The van der Waals surface area contributed by atoms with Crippen LogP contribution in [0.3, 0.4) is 0 Å². The van der Waals surface area contributed by atoms with Crippen molar-refractivity contribution in [2.24, 2.45) is 0 Å². The van der Waals surface area contributed by atoms with E-state index in [0.29, 0.717) is 0 Å². The Morgan fingerprint density at radius 2 is 2.32 bits per heavy atom. The monoisotopic (exact) mass is 258 g/mol. The molecule has 1 unspecified atom stereocenters. The summed E-state index contributed by atoms with van der Waals surface area (Å²) in [5, 5.41) is 3.51. The van der Waals surface area contributed by atoms with E-state index in [-0.39, 0.29) is 5.41 Å². The Kier molecular flexibility index (Phi) is 3.31. The molecule has 0 bridgehead atoms. The second kappa shape index (κ2) is 4.97. The summed E-state index contributed by atoms with van der Waals surface area (Å²) in [5.74, 6) is 0.933. The highest BCUT2D eigenvalue weighted by atomic mass is 16.3. The van der Waals surface area contributed by atoms with Gasteiger partial charge in [-0.2, -0.15) is 0 Å². The van der Waals surface area contributed by atoms with Crippen LogP contribution in [-0.2, 0) is 5.41 Å². The molecule has 0 aliphatic carbocycles. The third kappa shape index (κ3) is 2.27. The lowest BCUT2D eigenvalue weighted by atomic mass is 9.77. The minimum atomic E-state index is 0.0971. The summed E-state index contributed by atoms with van der Waals surface area (Å²) >= 11 is 0. The van der Waals surface area contributed by atoms with Gasteiger partial charge < -0.3 is 9.73 Å². The minimum Gasteiger partial charge on any atom is -0.440 e. The van der Waals surface area contributed by atoms with E-state index in [2.05, 4.69) is 37.4 Å². The molecule has 3 heteroatoms. The van der Waals surface area contributed by atoms with E-state index in [4.69, 9.17) is 9.40 Å². The molecule has 19 heavy (non-hydrogen) atoms. The van der Waals surface area contributed by atoms with Gasteiger partial charge in [-0.25, -0.2) is 4.98 Å². The Morgan fingerprint density at radius 3 is 3.05 bits per heavy atom. The molecule has 0 saturated carbocycles. The van der Waals surface area contributed by atoms with Crippen LogP contribution in [0.25, 0.3) is 11.1 Å². The Bertz CT molecular complexity index is 562. The van der Waals surface area contributed by atoms with Crippen molar-refractivity contribution in [2.45, 2.75) is 44.9 Å². The fourth-order valence-corrected chi connectivity index (χ4v) is 3.21. The number of benzene rings is 1. The van der Waals surface area contributed by atoms with Crippen molar-refractivity contribution in [1.29, 1.82) is 0 Å². The van der Waals surface area contributed by atoms with Gasteiger partial charge in [-0.1, -0.05) is 19.4 Å². The first kappa shape index (κ1) is 12.7. The second-order valence-electron chi connectivity index (χ2n) is 5.80. The Balaban J connectivity index is 2.04. The predicted octanol–water partition coefficient (Wildman–Crippen LogP) is 3.56. The highest BCUT2D eigenvalue weighted by molar-refractivity contribution is 5.73. The van der Waals surface area contributed by atoms with E-state index in [0.717, 1.165) is 36.5 Å². The van der Waals surface area contributed by atoms with Crippen molar-refractivity contribution in [3.8, 4) is 0 Å². The van der Waals surface area contributed by atoms with Gasteiger partial charge in [-0.05, 0) is 50.4 Å². The van der Waals surface area contributed by atoms with E-state index < -0.39 is 0 Å². The first-order valence-corrected chi connectivity index (χ1v) is 7.32. The lowest BCUT2D eigenvalue weighted by Gasteiger charge is -2.34. The molecule has 3 rings (SSSR count). The Labute approximate surface area is 114 Å². The quantitative estimate of drug-likeness (QED) is 0.914. The average molecular weight is 258 g/mol. The van der Waals surface area contributed by atoms with E-state index in [1.165, 1.54) is 24.8 Å². The number of aromatic nitrogens is 1. The fraction of sp³-hybridized carbons (Fsp3) is 0.562. The third-order valence-corrected chi connectivity index (χ3v) is 4.20. The van der Waals surface area contributed by atoms with E-state index in [9.17, 15) is 0 Å². The van der Waals surface area contributed by atoms with Crippen LogP contribution in [0.1, 0.15) is 44.1 Å². The van der Waals surface area contributed by atoms with Gasteiger partial charge in [0.1, 0.15) is 5.52 Å². The summed E-state index contributed by atoms with van der Waals surface area (Å²) in [6, 6.07) is 6.25. The van der Waals surface area contributed by atoms with Crippen molar-refractivity contribution >= 4 is 11.1 Å². The van der Waals surface area contributed by atoms with Gasteiger partial charge in [0.2, 0.25) is 5.89 Å². The summed E-state index contributed by atoms with van der Waals surface area (Å²) in [6.45, 7) is 6.44. The highest BCUT2D eigenvalue weighted by Gasteiger charge is 2.37. The summed E-state index contributed by atoms with van der Waals surface area (Å²) in [4.78, 5) is 4.76. The zero-order valence-corrected chi connectivity index (χ0v) is 11.8. The molecule has 2 aromatic rings. The SMILES string of the molecule is CCCC1(c2nc3ccc(C)cc3o2)CCCNC1. The number of aryl methyl sites for hydroxylation is 1. The van der Waals surface area contributed by atoms with Crippen molar-refractivity contribution in [3.63, 3.8) is 0 Å². The summed E-state index contributed by atoms with van der Waals surface area (Å²) in [6.07, 6.45) is 4.70. The summed E-state index contributed by atoms with van der Waals surface area (Å²) in [7, 11) is 0. The number of nitrogens with zero attached hydrogens (tertiary/aromatic N) is 1. The lowest BCUT2D eigenvalue weighted by Crippen LogP contribution is -2.43. The zero-order valence-electron chi connectivity index (χ0n) is 11.8. The van der Waals surface area contributed by atoms with Crippen LogP contribution < -0.4 is 5.32 Å². The van der Waals surface area contributed by atoms with Crippen LogP contribution in [0, 0.1) is 6.92 Å². The predicted molar refractivity (Wildman–Crippen MR) is 77.4 cm³/mol. The largest absolute Gasteiger partial charge is 0.440 e. The van der Waals surface area contributed by atoms with Crippen molar-refractivity contribution in [1.82, 2.24) is 10.3 Å². The van der Waals surface area contributed by atoms with E-state index >= 15 is 0 Å². The van der Waals surface area contributed by atoms with Crippen molar-refractivity contribution in [2.75, 3.05) is 13.1 Å². The molecule has 3 nitrogen and oxygen atoms in total. The number of oxazole rings is 1. The van der Waals surface area contributed by atoms with Gasteiger partial charge in [0, 0.05) is 6.54 Å². The third-order valence-electron chi connectivity index (χ3n) is 4.20. The molecule has 2 heterocycles. The molecule has 0 amide bonds. The number of rotatable bonds is 3. The van der Waals surface area contributed by atoms with E-state index in [1.807, 2.05) is 0 Å². The topological polar surface area (TPSA) is 38.1 Å². The van der Waals surface area contributed by atoms with Crippen LogP contribution >= 0.6 is 0 Å². The first-order chi connectivity index (χ1) is 9.23. The molecule has 0 radical (unpaired) electrons. The standard InChI is InChI=1S/C16H22N2O/c1-3-7-16(8-4-9-17-11-16)15-18-13-6-5-12(2)10-14(13)19-15/h5-6,10,17H,3-4,7-9,11H2,1-2H3. The summed E-state index contributed by atoms with van der Waals surface area (Å²) in [5.41, 5.74) is 3.24. The van der Waals surface area contributed by atoms with Crippen LogP contribution in [0.4, 0.5) is 0 Å². The van der Waals surface area contributed by atoms with Gasteiger partial charge in [-0.3, -0.25) is 0 Å². The minimum absolute atomic E-state index is 0.0971. The number of hydrogen-bond donors (Lipinski definition) is 1. The lowest BCUT2D eigenvalue weighted by molar-refractivity contribution is 0.239. The van der Waals surface area contributed by atoms with Gasteiger partial charge in [-0.15, -0.1) is 0 Å². The van der Waals surface area contributed by atoms with Gasteiger partial charge >= 0.3 is 0 Å². The molecule has 1 aromatic carbocycles. The van der Waals surface area contributed by atoms with Crippen LogP contribution in [0.2, 0.25) is 0 Å². The van der Waals surface area contributed by atoms with Crippen LogP contribution in [0.5, 0.6) is 0 Å². The Hall–Kier alpha value is -1.35. The zero-order chi connectivity index (χ0) is 13.3. The second-order valence-corrected chi connectivity index (χ2v) is 5.80. The number of nitrogens with one attached hydrogen (secondary N) is 1. The molecule has 102 valence electrons. The number of fused-ring (bicyclic) bond motifs is 1. The normalized spacial score (nSPS) is 23.9. The maximum absolute atomic E-state index is 6.09. The highest BCUT2D eigenvalue weighted by Crippen LogP contribution is 2.36. The van der Waals surface area contributed by atoms with Crippen LogP contribution in [0.15, 0.2) is 22.6 Å². The van der Waals surface area contributed by atoms with Gasteiger partial charge in [0.25, 0.3) is 0 Å². The molecule has 1 aliphatic heterocycles. The van der Waals surface area contributed by atoms with Gasteiger partial charge in [0.05, 0.1) is 5.41 Å². The number of piperidine rings is 1. The maximum atomic E-state index is 6.09. The fourth-order valence-electron chi connectivity index (χ4n) is 3.21. The van der Waals surface area contributed by atoms with Crippen LogP contribution in [-0.4, -0.2) is 18.1 Å². The molecular weight excluding hydrogens is 236 g/mol. The summed E-state index contributed by atoms with van der Waals surface area (Å²) < 4.78 is 6.09. The first-order valence-electron chi connectivity index (χ1n) is 7.32. The molecule has 1 aliphatic rings. The van der Waals surface area contributed by atoms with Crippen molar-refractivity contribution < 1.29 is 4.42 Å². The molecule has 1 atom stereocenters. The smallest absolute Gasteiger partial charge is 0.202 e. The average Bonchev–Trinajstić information content (AvgIpc) is 2.83. The van der Waals surface area contributed by atoms with E-state index in [1.54, 1.807) is 0 Å². The maximum Gasteiger partial charge on any atom is 0.202 e.